The fraction of sp³-hybridized carbons (Fsp3) is 0.200. The molecule has 0 radical (unpaired) electrons. The molecule has 12 heavy (non-hydrogen) atoms. The van der Waals surface area contributed by atoms with E-state index in [1.165, 1.54) is 13.0 Å². The SMILES string of the molecule is C=C(C#N)/C=C\C(=C/C)C(C)=O. The molecule has 0 saturated heterocycles. The Balaban J connectivity index is 4.45. The van der Waals surface area contributed by atoms with Crippen molar-refractivity contribution in [3.8, 4) is 6.07 Å². The molecule has 0 N–H and O–H groups in total. The first-order valence-corrected chi connectivity index (χ1v) is 3.56. The largest absolute Gasteiger partial charge is 0.295 e. The molecule has 0 rings (SSSR count). The zero-order valence-electron chi connectivity index (χ0n) is 7.29. The highest BCUT2D eigenvalue weighted by atomic mass is 16.1. The van der Waals surface area contributed by atoms with Crippen molar-refractivity contribution in [3.05, 3.63) is 36.0 Å². The minimum Gasteiger partial charge on any atom is -0.295 e. The highest BCUT2D eigenvalue weighted by Gasteiger charge is 1.95. The van der Waals surface area contributed by atoms with E-state index in [4.69, 9.17) is 5.26 Å². The number of hydrogen-bond donors (Lipinski definition) is 0. The third kappa shape index (κ3) is 3.52. The number of hydrogen-bond acceptors (Lipinski definition) is 2. The van der Waals surface area contributed by atoms with E-state index in [2.05, 4.69) is 6.58 Å². The summed E-state index contributed by atoms with van der Waals surface area (Å²) in [4.78, 5) is 10.8. The summed E-state index contributed by atoms with van der Waals surface area (Å²) in [5.74, 6) is -0.0144. The van der Waals surface area contributed by atoms with Crippen LogP contribution in [0.3, 0.4) is 0 Å². The predicted molar refractivity (Wildman–Crippen MR) is 48.3 cm³/mol. The van der Waals surface area contributed by atoms with Gasteiger partial charge in [0.1, 0.15) is 0 Å². The highest BCUT2D eigenvalue weighted by molar-refractivity contribution is 5.96. The maximum absolute atomic E-state index is 10.8. The molecule has 0 heterocycles. The maximum Gasteiger partial charge on any atom is 0.159 e. The number of allylic oxidation sites excluding steroid dienone is 5. The molecule has 0 saturated carbocycles. The second-order valence-corrected chi connectivity index (χ2v) is 2.27. The van der Waals surface area contributed by atoms with Crippen molar-refractivity contribution in [2.45, 2.75) is 13.8 Å². The van der Waals surface area contributed by atoms with Gasteiger partial charge in [-0.3, -0.25) is 4.79 Å². The molecule has 0 spiro atoms. The minimum atomic E-state index is -0.0144. The second kappa shape index (κ2) is 5.09. The summed E-state index contributed by atoms with van der Waals surface area (Å²) in [6.07, 6.45) is 4.81. The smallest absolute Gasteiger partial charge is 0.159 e. The fourth-order valence-electron chi connectivity index (χ4n) is 0.644. The van der Waals surface area contributed by atoms with Crippen LogP contribution >= 0.6 is 0 Å². The molecule has 0 aromatic rings. The summed E-state index contributed by atoms with van der Waals surface area (Å²) in [5, 5.41) is 8.35. The first kappa shape index (κ1) is 10.4. The maximum atomic E-state index is 10.8. The third-order valence-corrected chi connectivity index (χ3v) is 1.33. The molecule has 0 fully saturated rings. The Kier molecular flexibility index (Phi) is 4.40. The molecule has 0 aromatic carbocycles. The first-order chi connectivity index (χ1) is 5.61. The summed E-state index contributed by atoms with van der Waals surface area (Å²) < 4.78 is 0. The Morgan fingerprint density at radius 1 is 1.50 bits per heavy atom. The van der Waals surface area contributed by atoms with Crippen LogP contribution in [0.25, 0.3) is 0 Å². The van der Waals surface area contributed by atoms with Crippen molar-refractivity contribution in [1.29, 1.82) is 5.26 Å². The van der Waals surface area contributed by atoms with E-state index in [1.807, 2.05) is 6.07 Å². The van der Waals surface area contributed by atoms with E-state index in [9.17, 15) is 4.79 Å². The third-order valence-electron chi connectivity index (χ3n) is 1.33. The van der Waals surface area contributed by atoms with Gasteiger partial charge in [0, 0.05) is 11.1 Å². The summed E-state index contributed by atoms with van der Waals surface area (Å²) >= 11 is 0. The zero-order chi connectivity index (χ0) is 9.56. The van der Waals surface area contributed by atoms with Gasteiger partial charge in [-0.1, -0.05) is 18.7 Å². The lowest BCUT2D eigenvalue weighted by atomic mass is 10.1. The summed E-state index contributed by atoms with van der Waals surface area (Å²) in [5.41, 5.74) is 0.932. The van der Waals surface area contributed by atoms with Gasteiger partial charge < -0.3 is 0 Å². The average molecular weight is 161 g/mol. The van der Waals surface area contributed by atoms with Crippen LogP contribution in [0, 0.1) is 11.3 Å². The number of carbonyl (C=O) groups is 1. The van der Waals surface area contributed by atoms with Crippen LogP contribution in [0.4, 0.5) is 0 Å². The van der Waals surface area contributed by atoms with Crippen LogP contribution < -0.4 is 0 Å². The quantitative estimate of drug-likeness (QED) is 0.361. The van der Waals surface area contributed by atoms with E-state index in [-0.39, 0.29) is 5.78 Å². The van der Waals surface area contributed by atoms with Gasteiger partial charge in [-0.2, -0.15) is 5.26 Å². The topological polar surface area (TPSA) is 40.9 Å². The molecule has 2 heteroatoms. The lowest BCUT2D eigenvalue weighted by Gasteiger charge is -1.91. The molecule has 0 aliphatic carbocycles. The van der Waals surface area contributed by atoms with Gasteiger partial charge in [0.2, 0.25) is 0 Å². The van der Waals surface area contributed by atoms with Crippen LogP contribution in [-0.4, -0.2) is 5.78 Å². The van der Waals surface area contributed by atoms with Crippen molar-refractivity contribution >= 4 is 5.78 Å². The molecular weight excluding hydrogens is 150 g/mol. The summed E-state index contributed by atoms with van der Waals surface area (Å²) in [6, 6.07) is 1.86. The molecule has 62 valence electrons. The predicted octanol–water partition coefficient (Wildman–Crippen LogP) is 2.16. The molecule has 0 bridgehead atoms. The monoisotopic (exact) mass is 161 g/mol. The van der Waals surface area contributed by atoms with E-state index < -0.39 is 0 Å². The van der Waals surface area contributed by atoms with Crippen LogP contribution in [0.1, 0.15) is 13.8 Å². The van der Waals surface area contributed by atoms with Gasteiger partial charge in [-0.05, 0) is 19.9 Å². The van der Waals surface area contributed by atoms with Crippen molar-refractivity contribution in [2.24, 2.45) is 0 Å². The van der Waals surface area contributed by atoms with Crippen LogP contribution in [-0.2, 0) is 4.79 Å². The average Bonchev–Trinajstić information content (AvgIpc) is 2.04. The first-order valence-electron chi connectivity index (χ1n) is 3.56. The summed E-state index contributed by atoms with van der Waals surface area (Å²) in [6.45, 7) is 6.71. The molecule has 0 aliphatic heterocycles. The number of rotatable bonds is 3. The Morgan fingerprint density at radius 2 is 2.08 bits per heavy atom. The van der Waals surface area contributed by atoms with Crippen molar-refractivity contribution in [3.63, 3.8) is 0 Å². The summed E-state index contributed by atoms with van der Waals surface area (Å²) in [7, 11) is 0. The number of ketones is 1. The molecule has 0 aromatic heterocycles. The van der Waals surface area contributed by atoms with Crippen molar-refractivity contribution in [2.75, 3.05) is 0 Å². The van der Waals surface area contributed by atoms with Gasteiger partial charge in [-0.15, -0.1) is 0 Å². The Bertz CT molecular complexity index is 289. The van der Waals surface area contributed by atoms with Crippen LogP contribution in [0.15, 0.2) is 36.0 Å². The second-order valence-electron chi connectivity index (χ2n) is 2.27. The normalized spacial score (nSPS) is 11.2. The number of nitriles is 1. The molecule has 2 nitrogen and oxygen atoms in total. The van der Waals surface area contributed by atoms with Gasteiger partial charge in [0.25, 0.3) is 0 Å². The van der Waals surface area contributed by atoms with E-state index in [0.29, 0.717) is 11.1 Å². The van der Waals surface area contributed by atoms with Crippen molar-refractivity contribution < 1.29 is 4.79 Å². The van der Waals surface area contributed by atoms with E-state index in [0.717, 1.165) is 0 Å². The number of Topliss-reactive ketones (excluding diaryl/α,β-unsaturated/α-hetero) is 1. The molecule has 0 unspecified atom stereocenters. The Hall–Kier alpha value is -1.62. The van der Waals surface area contributed by atoms with E-state index in [1.54, 1.807) is 19.1 Å². The molecule has 0 aliphatic rings. The fourth-order valence-corrected chi connectivity index (χ4v) is 0.644. The highest BCUT2D eigenvalue weighted by Crippen LogP contribution is 2.00. The van der Waals surface area contributed by atoms with Gasteiger partial charge in [0.15, 0.2) is 5.78 Å². The molecular formula is C10H11NO. The Labute approximate surface area is 72.5 Å². The van der Waals surface area contributed by atoms with Crippen LogP contribution in [0.5, 0.6) is 0 Å². The number of nitrogens with zero attached hydrogens (tertiary/aromatic N) is 1. The zero-order valence-corrected chi connectivity index (χ0v) is 7.29. The van der Waals surface area contributed by atoms with Gasteiger partial charge in [-0.25, -0.2) is 0 Å². The lowest BCUT2D eigenvalue weighted by molar-refractivity contribution is -0.113. The van der Waals surface area contributed by atoms with E-state index >= 15 is 0 Å². The lowest BCUT2D eigenvalue weighted by Crippen LogP contribution is -1.91. The standard InChI is InChI=1S/C10H11NO/c1-4-10(9(3)12)6-5-8(2)7-11/h4-6H,2H2,1,3H3/b6-5-,10-4+. The molecule has 0 atom stereocenters. The van der Waals surface area contributed by atoms with Crippen molar-refractivity contribution in [1.82, 2.24) is 0 Å². The van der Waals surface area contributed by atoms with Crippen LogP contribution in [0.2, 0.25) is 0 Å². The van der Waals surface area contributed by atoms with Gasteiger partial charge >= 0.3 is 0 Å². The van der Waals surface area contributed by atoms with Gasteiger partial charge in [0.05, 0.1) is 6.07 Å². The minimum absolute atomic E-state index is 0.0144. The number of carbonyl (C=O) groups excluding carboxylic acids is 1. The molecule has 0 amide bonds. The Morgan fingerprint density at radius 3 is 2.42 bits per heavy atom.